The molecule has 2 N–H and O–H groups in total. The second-order valence-electron chi connectivity index (χ2n) is 4.78. The predicted molar refractivity (Wildman–Crippen MR) is 59.9 cm³/mol. The van der Waals surface area contributed by atoms with Gasteiger partial charge in [0.2, 0.25) is 10.0 Å². The van der Waals surface area contributed by atoms with Crippen LogP contribution in [0.3, 0.4) is 0 Å². The van der Waals surface area contributed by atoms with E-state index >= 15 is 0 Å². The molecular weight excluding hydrogens is 212 g/mol. The van der Waals surface area contributed by atoms with Gasteiger partial charge in [-0.2, -0.15) is 4.31 Å². The number of piperidine rings is 1. The van der Waals surface area contributed by atoms with E-state index in [0.717, 1.165) is 32.1 Å². The van der Waals surface area contributed by atoms with Crippen molar-refractivity contribution in [2.45, 2.75) is 56.4 Å². The first kappa shape index (κ1) is 11.4. The summed E-state index contributed by atoms with van der Waals surface area (Å²) in [6.45, 7) is 2.58. The van der Waals surface area contributed by atoms with Gasteiger partial charge in [0.15, 0.2) is 0 Å². The van der Waals surface area contributed by atoms with Gasteiger partial charge in [0.1, 0.15) is 0 Å². The molecule has 1 saturated heterocycles. The summed E-state index contributed by atoms with van der Waals surface area (Å²) in [5.41, 5.74) is 5.87. The molecule has 88 valence electrons. The monoisotopic (exact) mass is 232 g/mol. The number of nitrogens with zero attached hydrogens (tertiary/aromatic N) is 1. The van der Waals surface area contributed by atoms with Gasteiger partial charge in [0.05, 0.1) is 5.25 Å². The van der Waals surface area contributed by atoms with Crippen molar-refractivity contribution in [2.24, 2.45) is 5.73 Å². The van der Waals surface area contributed by atoms with Gasteiger partial charge in [-0.25, -0.2) is 8.42 Å². The zero-order valence-electron chi connectivity index (χ0n) is 9.22. The Morgan fingerprint density at radius 2 is 1.93 bits per heavy atom. The largest absolute Gasteiger partial charge is 0.326 e. The number of nitrogens with two attached hydrogens (primary N) is 1. The molecule has 4 nitrogen and oxygen atoms in total. The van der Waals surface area contributed by atoms with Gasteiger partial charge < -0.3 is 5.73 Å². The number of sulfonamides is 1. The lowest BCUT2D eigenvalue weighted by atomic mass is 10.00. The molecule has 0 spiro atoms. The highest BCUT2D eigenvalue weighted by Crippen LogP contribution is 2.34. The van der Waals surface area contributed by atoms with E-state index in [2.05, 4.69) is 0 Å². The van der Waals surface area contributed by atoms with E-state index in [-0.39, 0.29) is 17.3 Å². The molecule has 1 saturated carbocycles. The zero-order chi connectivity index (χ0) is 11.1. The second-order valence-corrected chi connectivity index (χ2v) is 6.94. The Balaban J connectivity index is 2.17. The highest BCUT2D eigenvalue weighted by Gasteiger charge is 2.44. The molecule has 1 aliphatic heterocycles. The van der Waals surface area contributed by atoms with Crippen molar-refractivity contribution in [1.29, 1.82) is 0 Å². The van der Waals surface area contributed by atoms with E-state index in [0.29, 0.717) is 6.54 Å². The molecule has 2 atom stereocenters. The predicted octanol–water partition coefficient (Wildman–Crippen LogP) is 0.680. The summed E-state index contributed by atoms with van der Waals surface area (Å²) in [6, 6.07) is -0.0248. The van der Waals surface area contributed by atoms with Crippen molar-refractivity contribution in [3.8, 4) is 0 Å². The highest BCUT2D eigenvalue weighted by molar-refractivity contribution is 7.90. The summed E-state index contributed by atoms with van der Waals surface area (Å²) >= 11 is 0. The molecule has 0 aromatic carbocycles. The van der Waals surface area contributed by atoms with Crippen molar-refractivity contribution in [1.82, 2.24) is 4.31 Å². The summed E-state index contributed by atoms with van der Waals surface area (Å²) in [5, 5.41) is -0.100. The maximum atomic E-state index is 12.1. The van der Waals surface area contributed by atoms with Gasteiger partial charge in [-0.05, 0) is 32.6 Å². The lowest BCUT2D eigenvalue weighted by molar-refractivity contribution is 0.227. The van der Waals surface area contributed by atoms with Gasteiger partial charge >= 0.3 is 0 Å². The van der Waals surface area contributed by atoms with E-state index in [1.807, 2.05) is 6.92 Å². The molecule has 0 bridgehead atoms. The summed E-state index contributed by atoms with van der Waals surface area (Å²) in [7, 11) is -3.03. The fourth-order valence-electron chi connectivity index (χ4n) is 2.33. The minimum absolute atomic E-state index is 0.0318. The van der Waals surface area contributed by atoms with Crippen LogP contribution in [-0.4, -0.2) is 36.6 Å². The molecule has 0 amide bonds. The number of hydrogen-bond donors (Lipinski definition) is 1. The first-order valence-corrected chi connectivity index (χ1v) is 7.30. The van der Waals surface area contributed by atoms with Crippen LogP contribution in [0.4, 0.5) is 0 Å². The minimum Gasteiger partial charge on any atom is -0.326 e. The average molecular weight is 232 g/mol. The van der Waals surface area contributed by atoms with Crippen molar-refractivity contribution >= 4 is 10.0 Å². The molecule has 1 heterocycles. The van der Waals surface area contributed by atoms with Crippen LogP contribution in [0.25, 0.3) is 0 Å². The van der Waals surface area contributed by atoms with E-state index in [9.17, 15) is 8.42 Å². The molecule has 1 aliphatic carbocycles. The highest BCUT2D eigenvalue weighted by atomic mass is 32.2. The lowest BCUT2D eigenvalue weighted by Gasteiger charge is -2.37. The first-order chi connectivity index (χ1) is 7.03. The van der Waals surface area contributed by atoms with E-state index < -0.39 is 10.0 Å². The molecule has 5 heteroatoms. The molecule has 2 unspecified atom stereocenters. The molecule has 2 fully saturated rings. The number of hydrogen-bond acceptors (Lipinski definition) is 3. The fourth-order valence-corrected chi connectivity index (χ4v) is 4.50. The standard InChI is InChI=1S/C10H20N2O2S/c1-8(11)10-4-2-3-7-12(10)15(13,14)9-5-6-9/h8-10H,2-7,11H2,1H3. The average Bonchev–Trinajstić information content (AvgIpc) is 3.01. The van der Waals surface area contributed by atoms with Crippen LogP contribution >= 0.6 is 0 Å². The Bertz CT molecular complexity index is 322. The zero-order valence-corrected chi connectivity index (χ0v) is 10.0. The maximum Gasteiger partial charge on any atom is 0.217 e. The molecule has 0 aromatic rings. The van der Waals surface area contributed by atoms with Gasteiger partial charge in [-0.15, -0.1) is 0 Å². The van der Waals surface area contributed by atoms with Crippen molar-refractivity contribution in [3.05, 3.63) is 0 Å². The fraction of sp³-hybridized carbons (Fsp3) is 1.00. The molecule has 0 aromatic heterocycles. The molecule has 2 aliphatic rings. The number of rotatable bonds is 3. The van der Waals surface area contributed by atoms with Crippen LogP contribution in [0.15, 0.2) is 0 Å². The Morgan fingerprint density at radius 3 is 2.47 bits per heavy atom. The Kier molecular flexibility index (Phi) is 3.05. The van der Waals surface area contributed by atoms with E-state index in [1.165, 1.54) is 0 Å². The van der Waals surface area contributed by atoms with Crippen molar-refractivity contribution < 1.29 is 8.42 Å². The van der Waals surface area contributed by atoms with Gasteiger partial charge in [-0.1, -0.05) is 6.42 Å². The Hall–Kier alpha value is -0.130. The van der Waals surface area contributed by atoms with Crippen LogP contribution in [0.1, 0.15) is 39.0 Å². The van der Waals surface area contributed by atoms with Crippen molar-refractivity contribution in [3.63, 3.8) is 0 Å². The van der Waals surface area contributed by atoms with E-state index in [4.69, 9.17) is 5.73 Å². The van der Waals surface area contributed by atoms with Crippen LogP contribution in [0.5, 0.6) is 0 Å². The summed E-state index contributed by atoms with van der Waals surface area (Å²) in [5.74, 6) is 0. The van der Waals surface area contributed by atoms with Gasteiger partial charge in [0.25, 0.3) is 0 Å². The van der Waals surface area contributed by atoms with Crippen LogP contribution < -0.4 is 5.73 Å². The SMILES string of the molecule is CC(N)C1CCCCN1S(=O)(=O)C1CC1. The van der Waals surface area contributed by atoms with Gasteiger partial charge in [-0.3, -0.25) is 0 Å². The van der Waals surface area contributed by atoms with Gasteiger partial charge in [0, 0.05) is 18.6 Å². The third kappa shape index (κ3) is 2.19. The second kappa shape index (κ2) is 4.03. The van der Waals surface area contributed by atoms with E-state index in [1.54, 1.807) is 4.31 Å². The summed E-state index contributed by atoms with van der Waals surface area (Å²) < 4.78 is 25.9. The quantitative estimate of drug-likeness (QED) is 0.778. The summed E-state index contributed by atoms with van der Waals surface area (Å²) in [6.07, 6.45) is 4.68. The maximum absolute atomic E-state index is 12.1. The van der Waals surface area contributed by atoms with Crippen LogP contribution in [0, 0.1) is 0 Å². The Labute approximate surface area is 91.9 Å². The molecule has 0 radical (unpaired) electrons. The topological polar surface area (TPSA) is 63.4 Å². The van der Waals surface area contributed by atoms with Crippen LogP contribution in [0.2, 0.25) is 0 Å². The summed E-state index contributed by atoms with van der Waals surface area (Å²) in [4.78, 5) is 0. The minimum atomic E-state index is -3.03. The Morgan fingerprint density at radius 1 is 1.27 bits per heavy atom. The molecular formula is C10H20N2O2S. The third-order valence-electron chi connectivity index (χ3n) is 3.38. The first-order valence-electron chi connectivity index (χ1n) is 5.79. The smallest absolute Gasteiger partial charge is 0.217 e. The van der Waals surface area contributed by atoms with Crippen molar-refractivity contribution in [2.75, 3.05) is 6.54 Å². The third-order valence-corrected chi connectivity index (χ3v) is 5.80. The normalized spacial score (nSPS) is 31.5. The molecule has 15 heavy (non-hydrogen) atoms. The van der Waals surface area contributed by atoms with Crippen LogP contribution in [-0.2, 0) is 10.0 Å². The lowest BCUT2D eigenvalue weighted by Crippen LogP contribution is -2.52. The molecule has 2 rings (SSSR count).